The Labute approximate surface area is 196 Å². The maximum atomic E-state index is 5.56. The summed E-state index contributed by atoms with van der Waals surface area (Å²) >= 11 is 0. The topological polar surface area (TPSA) is 18.5 Å². The van der Waals surface area contributed by atoms with Crippen molar-refractivity contribution in [1.82, 2.24) is 0 Å². The molecule has 184 valence electrons. The van der Waals surface area contributed by atoms with Gasteiger partial charge in [-0.25, -0.2) is 0 Å². The van der Waals surface area contributed by atoms with E-state index in [0.29, 0.717) is 6.79 Å². The summed E-state index contributed by atoms with van der Waals surface area (Å²) in [5.74, 6) is 0. The first-order valence-corrected chi connectivity index (χ1v) is 13.9. The maximum Gasteiger partial charge on any atom is 0.146 e. The summed E-state index contributed by atoms with van der Waals surface area (Å²) in [4.78, 5) is 0. The largest absolute Gasteiger partial charge is 0.355 e. The van der Waals surface area contributed by atoms with E-state index in [2.05, 4.69) is 38.2 Å². The lowest BCUT2D eigenvalue weighted by atomic mass is 10.1. The molecule has 0 N–H and O–H groups in total. The van der Waals surface area contributed by atoms with Gasteiger partial charge >= 0.3 is 0 Å². The van der Waals surface area contributed by atoms with E-state index in [4.69, 9.17) is 9.47 Å². The number of hydrogen-bond donors (Lipinski definition) is 0. The minimum absolute atomic E-state index is 0.457. The summed E-state index contributed by atoms with van der Waals surface area (Å²) in [6, 6.07) is 0. The lowest BCUT2D eigenvalue weighted by molar-refractivity contribution is -0.0531. The molecule has 0 aliphatic rings. The summed E-state index contributed by atoms with van der Waals surface area (Å²) in [5, 5.41) is 0. The predicted molar refractivity (Wildman–Crippen MR) is 139 cm³/mol. The van der Waals surface area contributed by atoms with Gasteiger partial charge in [0, 0.05) is 6.61 Å². The molecule has 31 heavy (non-hydrogen) atoms. The Kier molecular flexibility index (Phi) is 28.8. The summed E-state index contributed by atoms with van der Waals surface area (Å²) < 4.78 is 11.1. The van der Waals surface area contributed by atoms with Crippen LogP contribution in [-0.4, -0.2) is 20.0 Å². The SMILES string of the molecule is CCCC/C=C\CCCCCCCC/C=C/CCOCOCCCCCCCCCC. The minimum Gasteiger partial charge on any atom is -0.355 e. The fourth-order valence-electron chi connectivity index (χ4n) is 3.69. The highest BCUT2D eigenvalue weighted by molar-refractivity contribution is 4.82. The standard InChI is InChI=1S/C29H56O2/c1-3-5-7-9-11-13-14-15-16-17-18-19-20-22-24-26-28-31-29-30-27-25-23-21-12-10-8-6-4-2/h9,11,22,24H,3-8,10,12-21,23,25-29H2,1-2H3/b11-9-,24-22+. The van der Waals surface area contributed by atoms with Crippen molar-refractivity contribution in [1.29, 1.82) is 0 Å². The van der Waals surface area contributed by atoms with Crippen molar-refractivity contribution in [2.75, 3.05) is 20.0 Å². The van der Waals surface area contributed by atoms with Crippen LogP contribution in [0.3, 0.4) is 0 Å². The zero-order chi connectivity index (χ0) is 22.5. The Morgan fingerprint density at radius 1 is 0.387 bits per heavy atom. The molecule has 0 spiro atoms. The van der Waals surface area contributed by atoms with Crippen LogP contribution in [0.15, 0.2) is 24.3 Å². The predicted octanol–water partition coefficient (Wildman–Crippen LogP) is 9.93. The van der Waals surface area contributed by atoms with Crippen LogP contribution in [0.4, 0.5) is 0 Å². The van der Waals surface area contributed by atoms with E-state index in [0.717, 1.165) is 19.6 Å². The van der Waals surface area contributed by atoms with E-state index >= 15 is 0 Å². The number of ether oxygens (including phenoxy) is 2. The van der Waals surface area contributed by atoms with Crippen LogP contribution in [0, 0.1) is 0 Å². The van der Waals surface area contributed by atoms with Crippen LogP contribution in [0.25, 0.3) is 0 Å². The molecule has 0 aliphatic carbocycles. The molecular formula is C29H56O2. The first kappa shape index (κ1) is 30.4. The van der Waals surface area contributed by atoms with Gasteiger partial charge in [0.05, 0.1) is 6.61 Å². The molecule has 0 heterocycles. The zero-order valence-corrected chi connectivity index (χ0v) is 21.4. The first-order valence-electron chi connectivity index (χ1n) is 13.9. The van der Waals surface area contributed by atoms with Gasteiger partial charge < -0.3 is 9.47 Å². The second-order valence-corrected chi connectivity index (χ2v) is 8.98. The van der Waals surface area contributed by atoms with Gasteiger partial charge in [-0.2, -0.15) is 0 Å². The van der Waals surface area contributed by atoms with Crippen molar-refractivity contribution >= 4 is 0 Å². The second-order valence-electron chi connectivity index (χ2n) is 8.98. The molecule has 0 aromatic heterocycles. The monoisotopic (exact) mass is 436 g/mol. The highest BCUT2D eigenvalue weighted by Crippen LogP contribution is 2.10. The van der Waals surface area contributed by atoms with Crippen LogP contribution in [-0.2, 0) is 9.47 Å². The van der Waals surface area contributed by atoms with Gasteiger partial charge in [0.25, 0.3) is 0 Å². The minimum atomic E-state index is 0.457. The lowest BCUT2D eigenvalue weighted by Gasteiger charge is -2.05. The van der Waals surface area contributed by atoms with Gasteiger partial charge in [-0.15, -0.1) is 0 Å². The van der Waals surface area contributed by atoms with Gasteiger partial charge in [0.2, 0.25) is 0 Å². The molecule has 0 bridgehead atoms. The Hall–Kier alpha value is -0.600. The summed E-state index contributed by atoms with van der Waals surface area (Å²) in [7, 11) is 0. The Morgan fingerprint density at radius 3 is 1.39 bits per heavy atom. The van der Waals surface area contributed by atoms with Crippen molar-refractivity contribution in [2.45, 2.75) is 142 Å². The van der Waals surface area contributed by atoms with E-state index in [-0.39, 0.29) is 0 Å². The average Bonchev–Trinajstić information content (AvgIpc) is 2.78. The molecule has 0 radical (unpaired) electrons. The summed E-state index contributed by atoms with van der Waals surface area (Å²) in [6.45, 7) is 6.61. The van der Waals surface area contributed by atoms with Gasteiger partial charge in [-0.3, -0.25) is 0 Å². The molecule has 0 rings (SSSR count). The average molecular weight is 437 g/mol. The smallest absolute Gasteiger partial charge is 0.146 e. The number of unbranched alkanes of at least 4 members (excludes halogenated alkanes) is 16. The van der Waals surface area contributed by atoms with E-state index in [9.17, 15) is 0 Å². The Bertz CT molecular complexity index is 362. The molecule has 0 atom stereocenters. The zero-order valence-electron chi connectivity index (χ0n) is 21.4. The molecule has 0 unspecified atom stereocenters. The molecule has 0 aromatic carbocycles. The fraction of sp³-hybridized carbons (Fsp3) is 0.862. The van der Waals surface area contributed by atoms with E-state index in [1.807, 2.05) is 0 Å². The third kappa shape index (κ3) is 29.4. The van der Waals surface area contributed by atoms with Gasteiger partial charge in [0.15, 0.2) is 0 Å². The van der Waals surface area contributed by atoms with Crippen LogP contribution in [0.1, 0.15) is 142 Å². The highest BCUT2D eigenvalue weighted by Gasteiger charge is 1.93. The third-order valence-electron chi connectivity index (χ3n) is 5.79. The molecule has 0 aromatic rings. The van der Waals surface area contributed by atoms with Crippen molar-refractivity contribution in [3.63, 3.8) is 0 Å². The van der Waals surface area contributed by atoms with Crippen molar-refractivity contribution in [3.05, 3.63) is 24.3 Å². The maximum absolute atomic E-state index is 5.56. The Balaban J connectivity index is 3.10. The molecular weight excluding hydrogens is 380 g/mol. The highest BCUT2D eigenvalue weighted by atomic mass is 16.7. The number of allylic oxidation sites excluding steroid dienone is 3. The molecule has 0 saturated carbocycles. The van der Waals surface area contributed by atoms with Gasteiger partial charge in [-0.1, -0.05) is 122 Å². The molecule has 0 fully saturated rings. The normalized spacial score (nSPS) is 11.9. The molecule has 0 saturated heterocycles. The van der Waals surface area contributed by atoms with Crippen LogP contribution in [0.5, 0.6) is 0 Å². The molecule has 2 nitrogen and oxygen atoms in total. The van der Waals surface area contributed by atoms with Crippen molar-refractivity contribution in [2.24, 2.45) is 0 Å². The molecule has 0 aliphatic heterocycles. The van der Waals surface area contributed by atoms with Crippen molar-refractivity contribution in [3.8, 4) is 0 Å². The number of rotatable bonds is 26. The van der Waals surface area contributed by atoms with Crippen LogP contribution in [0.2, 0.25) is 0 Å². The number of hydrogen-bond acceptors (Lipinski definition) is 2. The van der Waals surface area contributed by atoms with E-state index < -0.39 is 0 Å². The van der Waals surface area contributed by atoms with E-state index in [1.165, 1.54) is 122 Å². The van der Waals surface area contributed by atoms with Gasteiger partial charge in [0.1, 0.15) is 6.79 Å². The quantitative estimate of drug-likeness (QED) is 0.0762. The lowest BCUT2D eigenvalue weighted by Crippen LogP contribution is -2.02. The summed E-state index contributed by atoms with van der Waals surface area (Å²) in [5.41, 5.74) is 0. The molecule has 0 amide bonds. The first-order chi connectivity index (χ1) is 15.4. The van der Waals surface area contributed by atoms with E-state index in [1.54, 1.807) is 0 Å². The van der Waals surface area contributed by atoms with Crippen molar-refractivity contribution < 1.29 is 9.47 Å². The van der Waals surface area contributed by atoms with Crippen LogP contribution < -0.4 is 0 Å². The third-order valence-corrected chi connectivity index (χ3v) is 5.79. The fourth-order valence-corrected chi connectivity index (χ4v) is 3.69. The van der Waals surface area contributed by atoms with Crippen LogP contribution >= 0.6 is 0 Å². The second kappa shape index (κ2) is 29.4. The van der Waals surface area contributed by atoms with Gasteiger partial charge in [-0.05, 0) is 44.9 Å². The Morgan fingerprint density at radius 2 is 0.806 bits per heavy atom. The molecule has 2 heteroatoms. The summed E-state index contributed by atoms with van der Waals surface area (Å²) in [6.07, 6.45) is 35.8.